The van der Waals surface area contributed by atoms with Crippen LogP contribution in [0.25, 0.3) is 22.4 Å². The summed E-state index contributed by atoms with van der Waals surface area (Å²) in [7, 11) is 3.34. The highest BCUT2D eigenvalue weighted by molar-refractivity contribution is 8.13. The quantitative estimate of drug-likeness (QED) is 0.631. The molecule has 2 aromatic heterocycles. The number of hydrogen-bond donors (Lipinski definition) is 1. The van der Waals surface area contributed by atoms with Gasteiger partial charge in [0.25, 0.3) is 14.6 Å². The molecule has 0 saturated carbocycles. The fourth-order valence-electron chi connectivity index (χ4n) is 3.08. The molecule has 3 rings (SSSR count). The first-order valence-corrected chi connectivity index (χ1v) is 10.9. The zero-order chi connectivity index (χ0) is 19.8. The average molecular weight is 410 g/mol. The third-order valence-corrected chi connectivity index (χ3v) is 5.56. The number of aryl methyl sites for hydroxylation is 2. The van der Waals surface area contributed by atoms with Crippen LogP contribution in [-0.2, 0) is 22.5 Å². The molecule has 7 nitrogen and oxygen atoms in total. The molecular formula is C18H20ClN3O4S. The van der Waals surface area contributed by atoms with Gasteiger partial charge in [-0.3, -0.25) is 4.79 Å². The van der Waals surface area contributed by atoms with Gasteiger partial charge in [-0.1, -0.05) is 13.3 Å². The molecule has 0 saturated heterocycles. The van der Waals surface area contributed by atoms with Gasteiger partial charge < -0.3 is 14.3 Å². The Labute approximate surface area is 161 Å². The van der Waals surface area contributed by atoms with Gasteiger partial charge >= 0.3 is 0 Å². The van der Waals surface area contributed by atoms with Crippen molar-refractivity contribution in [3.63, 3.8) is 0 Å². The molecule has 0 aliphatic heterocycles. The van der Waals surface area contributed by atoms with Crippen molar-refractivity contribution in [2.24, 2.45) is 7.05 Å². The first-order chi connectivity index (χ1) is 12.8. The number of nitrogens with zero attached hydrogens (tertiary/aromatic N) is 2. The Hall–Kier alpha value is -2.32. The highest BCUT2D eigenvalue weighted by Gasteiger charge is 2.19. The van der Waals surface area contributed by atoms with Crippen LogP contribution in [0.5, 0.6) is 5.75 Å². The molecule has 2 heterocycles. The summed E-state index contributed by atoms with van der Waals surface area (Å²) >= 11 is 0. The van der Waals surface area contributed by atoms with Crippen LogP contribution in [0, 0.1) is 0 Å². The second kappa shape index (κ2) is 7.36. The summed E-state index contributed by atoms with van der Waals surface area (Å²) in [6.45, 7) is 4.24. The SMILES string of the molecule is CCCc1cn(C)c2c(=O)[nH]c(-c3cc(S(=O)(=O)Cl)ccc3OCC)nc12. The second-order valence-corrected chi connectivity index (χ2v) is 8.72. The van der Waals surface area contributed by atoms with Gasteiger partial charge in [0.05, 0.1) is 22.6 Å². The zero-order valence-corrected chi connectivity index (χ0v) is 16.8. The van der Waals surface area contributed by atoms with E-state index in [-0.39, 0.29) is 16.3 Å². The summed E-state index contributed by atoms with van der Waals surface area (Å²) in [4.78, 5) is 19.9. The fourth-order valence-corrected chi connectivity index (χ4v) is 3.86. The number of fused-ring (bicyclic) bond motifs is 1. The van der Waals surface area contributed by atoms with Crippen LogP contribution in [0.1, 0.15) is 25.8 Å². The van der Waals surface area contributed by atoms with Crippen molar-refractivity contribution in [3.8, 4) is 17.1 Å². The smallest absolute Gasteiger partial charge is 0.275 e. The summed E-state index contributed by atoms with van der Waals surface area (Å²) in [6, 6.07) is 4.23. The fraction of sp³-hybridized carbons (Fsp3) is 0.333. The van der Waals surface area contributed by atoms with Crippen molar-refractivity contribution >= 4 is 30.8 Å². The van der Waals surface area contributed by atoms with E-state index >= 15 is 0 Å². The van der Waals surface area contributed by atoms with Crippen molar-refractivity contribution in [3.05, 3.63) is 40.3 Å². The molecule has 9 heteroatoms. The van der Waals surface area contributed by atoms with E-state index in [0.29, 0.717) is 29.0 Å². The molecule has 0 aliphatic rings. The molecule has 0 spiro atoms. The zero-order valence-electron chi connectivity index (χ0n) is 15.2. The molecule has 0 radical (unpaired) electrons. The number of aromatic amines is 1. The third-order valence-electron chi connectivity index (χ3n) is 4.21. The molecule has 0 amide bonds. The van der Waals surface area contributed by atoms with E-state index in [0.717, 1.165) is 18.4 Å². The minimum atomic E-state index is -3.94. The van der Waals surface area contributed by atoms with Gasteiger partial charge in [-0.25, -0.2) is 13.4 Å². The predicted molar refractivity (Wildman–Crippen MR) is 105 cm³/mol. The summed E-state index contributed by atoms with van der Waals surface area (Å²) in [6.07, 6.45) is 3.58. The number of ether oxygens (including phenoxy) is 1. The lowest BCUT2D eigenvalue weighted by Gasteiger charge is -2.11. The van der Waals surface area contributed by atoms with Crippen LogP contribution < -0.4 is 10.3 Å². The lowest BCUT2D eigenvalue weighted by molar-refractivity contribution is 0.341. The van der Waals surface area contributed by atoms with E-state index in [1.165, 1.54) is 18.2 Å². The Balaban J connectivity index is 2.31. The van der Waals surface area contributed by atoms with Crippen molar-refractivity contribution in [1.82, 2.24) is 14.5 Å². The van der Waals surface area contributed by atoms with Crippen molar-refractivity contribution in [1.29, 1.82) is 0 Å². The Morgan fingerprint density at radius 1 is 1.30 bits per heavy atom. The van der Waals surface area contributed by atoms with Gasteiger partial charge in [0.1, 0.15) is 17.1 Å². The Morgan fingerprint density at radius 3 is 2.67 bits per heavy atom. The van der Waals surface area contributed by atoms with Crippen LogP contribution in [0.4, 0.5) is 0 Å². The summed E-state index contributed by atoms with van der Waals surface area (Å²) in [5, 5.41) is 0. The van der Waals surface area contributed by atoms with Crippen LogP contribution in [0.2, 0.25) is 0 Å². The molecule has 1 N–H and O–H groups in total. The molecule has 1 aromatic carbocycles. The van der Waals surface area contributed by atoms with E-state index in [9.17, 15) is 13.2 Å². The van der Waals surface area contributed by atoms with Gasteiger partial charge in [0, 0.05) is 23.9 Å². The lowest BCUT2D eigenvalue weighted by Crippen LogP contribution is -2.12. The van der Waals surface area contributed by atoms with Crippen LogP contribution >= 0.6 is 10.7 Å². The highest BCUT2D eigenvalue weighted by atomic mass is 35.7. The molecule has 0 aliphatic carbocycles. The molecule has 144 valence electrons. The average Bonchev–Trinajstić information content (AvgIpc) is 2.91. The minimum Gasteiger partial charge on any atom is -0.493 e. The van der Waals surface area contributed by atoms with E-state index in [1.807, 2.05) is 13.1 Å². The topological polar surface area (TPSA) is 94.1 Å². The number of H-pyrrole nitrogens is 1. The van der Waals surface area contributed by atoms with Crippen molar-refractivity contribution < 1.29 is 13.2 Å². The number of hydrogen-bond acceptors (Lipinski definition) is 5. The number of benzene rings is 1. The van der Waals surface area contributed by atoms with Crippen LogP contribution in [0.3, 0.4) is 0 Å². The first kappa shape index (κ1) is 19.4. The predicted octanol–water partition coefficient (Wildman–Crippen LogP) is 3.21. The van der Waals surface area contributed by atoms with Crippen molar-refractivity contribution in [2.75, 3.05) is 6.61 Å². The molecule has 0 bridgehead atoms. The Morgan fingerprint density at radius 2 is 2.04 bits per heavy atom. The Bertz CT molecular complexity index is 1170. The van der Waals surface area contributed by atoms with Gasteiger partial charge in [0.2, 0.25) is 0 Å². The number of aromatic nitrogens is 3. The van der Waals surface area contributed by atoms with E-state index < -0.39 is 9.05 Å². The molecule has 0 unspecified atom stereocenters. The largest absolute Gasteiger partial charge is 0.493 e. The first-order valence-electron chi connectivity index (χ1n) is 8.56. The normalized spacial score (nSPS) is 11.9. The summed E-state index contributed by atoms with van der Waals surface area (Å²) in [5.41, 5.74) is 2.09. The summed E-state index contributed by atoms with van der Waals surface area (Å²) < 4.78 is 30.8. The number of rotatable bonds is 6. The van der Waals surface area contributed by atoms with Gasteiger partial charge in [-0.2, -0.15) is 0 Å². The molecular weight excluding hydrogens is 390 g/mol. The van der Waals surface area contributed by atoms with Gasteiger partial charge in [0.15, 0.2) is 0 Å². The molecule has 0 fully saturated rings. The molecule has 0 atom stereocenters. The van der Waals surface area contributed by atoms with E-state index in [1.54, 1.807) is 11.6 Å². The van der Waals surface area contributed by atoms with Crippen LogP contribution in [-0.4, -0.2) is 29.6 Å². The minimum absolute atomic E-state index is 0.0905. The Kier molecular flexibility index (Phi) is 5.30. The molecule has 3 aromatic rings. The maximum absolute atomic E-state index is 12.7. The van der Waals surface area contributed by atoms with Crippen LogP contribution in [0.15, 0.2) is 34.1 Å². The van der Waals surface area contributed by atoms with Crippen molar-refractivity contribution in [2.45, 2.75) is 31.6 Å². The highest BCUT2D eigenvalue weighted by Crippen LogP contribution is 2.32. The van der Waals surface area contributed by atoms with Gasteiger partial charge in [-0.15, -0.1) is 0 Å². The molecule has 27 heavy (non-hydrogen) atoms. The number of halogens is 1. The standard InChI is InChI=1S/C18H20ClN3O4S/c1-4-6-11-10-22(3)16-15(11)20-17(21-18(16)23)13-9-12(27(19,24)25)7-8-14(13)26-5-2/h7-10H,4-6H2,1-3H3,(H,20,21,23). The third kappa shape index (κ3) is 3.72. The number of nitrogens with one attached hydrogen (secondary N) is 1. The monoisotopic (exact) mass is 409 g/mol. The second-order valence-electron chi connectivity index (χ2n) is 6.16. The maximum Gasteiger partial charge on any atom is 0.275 e. The lowest BCUT2D eigenvalue weighted by atomic mass is 10.1. The van der Waals surface area contributed by atoms with E-state index in [2.05, 4.69) is 16.9 Å². The van der Waals surface area contributed by atoms with E-state index in [4.69, 9.17) is 15.4 Å². The maximum atomic E-state index is 12.7. The van der Waals surface area contributed by atoms with Gasteiger partial charge in [-0.05, 0) is 37.1 Å². The summed E-state index contributed by atoms with van der Waals surface area (Å²) in [5.74, 6) is 0.652.